The van der Waals surface area contributed by atoms with E-state index >= 15 is 0 Å². The molecule has 2 aromatic rings. The summed E-state index contributed by atoms with van der Waals surface area (Å²) in [7, 11) is 0. The molecule has 0 aromatic carbocycles. The van der Waals surface area contributed by atoms with Gasteiger partial charge in [0.05, 0.1) is 16.4 Å². The number of hydrogen-bond acceptors (Lipinski definition) is 4. The molecule has 3 N–H and O–H groups in total. The molecule has 1 amide bonds. The van der Waals surface area contributed by atoms with Gasteiger partial charge in [-0.3, -0.25) is 9.78 Å². The van der Waals surface area contributed by atoms with E-state index in [0.717, 1.165) is 16.9 Å². The number of rotatable bonds is 4. The second-order valence-electron chi connectivity index (χ2n) is 5.18. The highest BCUT2D eigenvalue weighted by Gasteiger charge is 2.19. The number of pyridine rings is 2. The maximum absolute atomic E-state index is 11.6. The lowest BCUT2D eigenvalue weighted by atomic mass is 10.0. The Balaban J connectivity index is 2.59. The first-order chi connectivity index (χ1) is 10.3. The number of nitrogens with one attached hydrogen (secondary N) is 1. The molecule has 0 saturated heterocycles. The van der Waals surface area contributed by atoms with Gasteiger partial charge >= 0.3 is 0 Å². The Bertz CT molecular complexity index is 732. The number of anilines is 2. The largest absolute Gasteiger partial charge is 0.365 e. The number of primary amides is 1. The number of nitrogens with two attached hydrogens (primary N) is 1. The number of aryl methyl sites for hydroxylation is 1. The number of amides is 1. The summed E-state index contributed by atoms with van der Waals surface area (Å²) in [6, 6.07) is 3.25. The summed E-state index contributed by atoms with van der Waals surface area (Å²) in [5, 5.41) is 3.44. The fourth-order valence-corrected chi connectivity index (χ4v) is 2.64. The molecule has 0 unspecified atom stereocenters. The summed E-state index contributed by atoms with van der Waals surface area (Å²) in [5.41, 5.74) is 8.08. The number of carbonyl (C=O) groups excluding carboxylic acids is 1. The van der Waals surface area contributed by atoms with E-state index in [1.165, 1.54) is 6.07 Å². The van der Waals surface area contributed by atoms with Crippen molar-refractivity contribution in [2.24, 2.45) is 5.73 Å². The second kappa shape index (κ2) is 6.50. The van der Waals surface area contributed by atoms with Crippen molar-refractivity contribution < 1.29 is 4.79 Å². The zero-order valence-electron chi connectivity index (χ0n) is 12.4. The summed E-state index contributed by atoms with van der Waals surface area (Å²) in [6.07, 6.45) is 1.74. The molecule has 0 fully saturated rings. The van der Waals surface area contributed by atoms with Crippen LogP contribution in [0.4, 0.5) is 11.5 Å². The van der Waals surface area contributed by atoms with Gasteiger partial charge in [0.25, 0.3) is 5.91 Å². The minimum absolute atomic E-state index is 0.101. The highest BCUT2D eigenvalue weighted by atomic mass is 35.5. The van der Waals surface area contributed by atoms with Gasteiger partial charge in [-0.1, -0.05) is 37.0 Å². The SMILES string of the molecule is Cc1ccnc(C(C)C)c1Nc1nc(Cl)cc(Cl)c1C(N)=O. The Hall–Kier alpha value is -1.85. The molecule has 0 saturated carbocycles. The van der Waals surface area contributed by atoms with Crippen molar-refractivity contribution in [2.75, 3.05) is 5.32 Å². The maximum Gasteiger partial charge on any atom is 0.253 e. The average molecular weight is 339 g/mol. The van der Waals surface area contributed by atoms with Crippen LogP contribution in [0.1, 0.15) is 41.4 Å². The zero-order chi connectivity index (χ0) is 16.4. The van der Waals surface area contributed by atoms with Crippen LogP contribution in [0.2, 0.25) is 10.2 Å². The topological polar surface area (TPSA) is 80.9 Å². The fraction of sp³-hybridized carbons (Fsp3) is 0.267. The minimum atomic E-state index is -0.677. The van der Waals surface area contributed by atoms with E-state index in [1.54, 1.807) is 6.20 Å². The monoisotopic (exact) mass is 338 g/mol. The van der Waals surface area contributed by atoms with Gasteiger partial charge in [-0.15, -0.1) is 0 Å². The van der Waals surface area contributed by atoms with Gasteiger partial charge in [0.1, 0.15) is 16.5 Å². The van der Waals surface area contributed by atoms with Crippen LogP contribution >= 0.6 is 23.2 Å². The number of hydrogen-bond donors (Lipinski definition) is 2. The lowest BCUT2D eigenvalue weighted by Crippen LogP contribution is -2.16. The van der Waals surface area contributed by atoms with Crippen LogP contribution in [-0.2, 0) is 0 Å². The quantitative estimate of drug-likeness (QED) is 0.823. The van der Waals surface area contributed by atoms with Crippen LogP contribution in [0, 0.1) is 6.92 Å². The summed E-state index contributed by atoms with van der Waals surface area (Å²) in [4.78, 5) is 20.2. The molecule has 0 aliphatic carbocycles. The van der Waals surface area contributed by atoms with Crippen LogP contribution in [0.5, 0.6) is 0 Å². The number of halogens is 2. The second-order valence-corrected chi connectivity index (χ2v) is 5.98. The normalized spacial score (nSPS) is 10.8. The predicted molar refractivity (Wildman–Crippen MR) is 89.1 cm³/mol. The first-order valence-electron chi connectivity index (χ1n) is 6.69. The zero-order valence-corrected chi connectivity index (χ0v) is 14.0. The van der Waals surface area contributed by atoms with Crippen molar-refractivity contribution in [3.8, 4) is 0 Å². The molecule has 2 rings (SSSR count). The van der Waals surface area contributed by atoms with Gasteiger partial charge in [0.15, 0.2) is 0 Å². The van der Waals surface area contributed by atoms with E-state index in [0.29, 0.717) is 0 Å². The van der Waals surface area contributed by atoms with Crippen LogP contribution in [0.15, 0.2) is 18.3 Å². The van der Waals surface area contributed by atoms with E-state index in [1.807, 2.05) is 26.8 Å². The van der Waals surface area contributed by atoms with Gasteiger partial charge in [-0.05, 0) is 30.5 Å². The van der Waals surface area contributed by atoms with Crippen molar-refractivity contribution in [1.29, 1.82) is 0 Å². The molecule has 0 radical (unpaired) electrons. The molecule has 22 heavy (non-hydrogen) atoms. The van der Waals surface area contributed by atoms with Crippen molar-refractivity contribution >= 4 is 40.6 Å². The highest BCUT2D eigenvalue weighted by Crippen LogP contribution is 2.32. The molecule has 0 atom stereocenters. The maximum atomic E-state index is 11.6. The van der Waals surface area contributed by atoms with Crippen molar-refractivity contribution in [1.82, 2.24) is 9.97 Å². The van der Waals surface area contributed by atoms with E-state index in [4.69, 9.17) is 28.9 Å². The van der Waals surface area contributed by atoms with Crippen LogP contribution < -0.4 is 11.1 Å². The molecule has 0 aliphatic heterocycles. The third-order valence-electron chi connectivity index (χ3n) is 3.17. The molecule has 0 aliphatic rings. The highest BCUT2D eigenvalue weighted by molar-refractivity contribution is 6.37. The van der Waals surface area contributed by atoms with E-state index in [2.05, 4.69) is 15.3 Å². The summed E-state index contributed by atoms with van der Waals surface area (Å²) in [5.74, 6) is -0.263. The first kappa shape index (κ1) is 16.5. The van der Waals surface area contributed by atoms with E-state index in [-0.39, 0.29) is 27.5 Å². The summed E-state index contributed by atoms with van der Waals surface area (Å²) in [6.45, 7) is 5.99. The van der Waals surface area contributed by atoms with Gasteiger partial charge in [0.2, 0.25) is 0 Å². The van der Waals surface area contributed by atoms with Crippen LogP contribution in [-0.4, -0.2) is 15.9 Å². The average Bonchev–Trinajstić information content (AvgIpc) is 2.39. The fourth-order valence-electron chi connectivity index (χ4n) is 2.11. The van der Waals surface area contributed by atoms with Crippen LogP contribution in [0.3, 0.4) is 0 Å². The molecule has 5 nitrogen and oxygen atoms in total. The Morgan fingerprint density at radius 3 is 2.64 bits per heavy atom. The van der Waals surface area contributed by atoms with Gasteiger partial charge < -0.3 is 11.1 Å². The van der Waals surface area contributed by atoms with Crippen LogP contribution in [0.25, 0.3) is 0 Å². The molecule has 0 bridgehead atoms. The molecular formula is C15H16Cl2N4O. The van der Waals surface area contributed by atoms with Gasteiger partial charge in [-0.2, -0.15) is 0 Å². The Labute approximate surface area is 138 Å². The summed E-state index contributed by atoms with van der Waals surface area (Å²) >= 11 is 12.0. The Morgan fingerprint density at radius 1 is 1.36 bits per heavy atom. The Morgan fingerprint density at radius 2 is 2.05 bits per heavy atom. The number of nitrogens with zero attached hydrogens (tertiary/aromatic N) is 2. The van der Waals surface area contributed by atoms with Crippen molar-refractivity contribution in [3.05, 3.63) is 45.3 Å². The van der Waals surface area contributed by atoms with Gasteiger partial charge in [-0.25, -0.2) is 4.98 Å². The lowest BCUT2D eigenvalue weighted by Gasteiger charge is -2.17. The third kappa shape index (κ3) is 3.31. The molecule has 2 aromatic heterocycles. The minimum Gasteiger partial charge on any atom is -0.365 e. The number of carbonyl (C=O) groups is 1. The molecule has 0 spiro atoms. The smallest absolute Gasteiger partial charge is 0.253 e. The summed E-state index contributed by atoms with van der Waals surface area (Å²) < 4.78 is 0. The predicted octanol–water partition coefficient (Wildman–Crippen LogP) is 4.06. The Kier molecular flexibility index (Phi) is 4.88. The van der Waals surface area contributed by atoms with E-state index in [9.17, 15) is 4.79 Å². The number of aromatic nitrogens is 2. The molecule has 2 heterocycles. The standard InChI is InChI=1S/C15H16Cl2N4O/c1-7(2)12-13(8(3)4-5-19-12)21-15-11(14(18)22)9(16)6-10(17)20-15/h4-7H,1-3H3,(H2,18,22)(H,20,21). The molecular weight excluding hydrogens is 323 g/mol. The first-order valence-corrected chi connectivity index (χ1v) is 7.45. The van der Waals surface area contributed by atoms with Gasteiger partial charge in [0, 0.05) is 6.20 Å². The van der Waals surface area contributed by atoms with E-state index < -0.39 is 5.91 Å². The van der Waals surface area contributed by atoms with Crippen molar-refractivity contribution in [2.45, 2.75) is 26.7 Å². The van der Waals surface area contributed by atoms with Crippen molar-refractivity contribution in [3.63, 3.8) is 0 Å². The molecule has 116 valence electrons. The third-order valence-corrected chi connectivity index (χ3v) is 3.66. The molecule has 7 heteroatoms. The lowest BCUT2D eigenvalue weighted by molar-refractivity contribution is 0.100.